The van der Waals surface area contributed by atoms with Crippen molar-refractivity contribution < 1.29 is 38.5 Å². The van der Waals surface area contributed by atoms with Gasteiger partial charge in [-0.1, -0.05) is 62.9 Å². The molecule has 0 spiro atoms. The zero-order valence-electron chi connectivity index (χ0n) is 28.0. The summed E-state index contributed by atoms with van der Waals surface area (Å²) in [4.78, 5) is 44.4. The summed E-state index contributed by atoms with van der Waals surface area (Å²) in [5.74, 6) is -1.42. The van der Waals surface area contributed by atoms with Crippen molar-refractivity contribution in [1.82, 2.24) is 10.6 Å². The van der Waals surface area contributed by atoms with Crippen LogP contribution in [0.15, 0.2) is 76.3 Å². The maximum Gasteiger partial charge on any atom is 0.405 e. The van der Waals surface area contributed by atoms with E-state index in [9.17, 15) is 19.5 Å². The standard InChI is InChI=1S/C34H50N4O8/c1-9-14-36-29-24-16-20(3)17-28(44-8)30(39)22(5)18-23(6)32(46-34(35)42)27(43-7)13-11-12-21(4)33(41)37-26(31(24)40)19-25(29)38-45-15-10-2/h10-13,18-20,22,27-28,30,32,36,39H,2,9,14-17H2,1,3-8H3,(H2,35,42)(H,37,41)/b13-11-,21-12+,23-18+,38-25-/t20-,22+,27+,28+,30-,32+/m1/s1. The second-order valence-corrected chi connectivity index (χ2v) is 11.6. The number of methoxy groups -OCH3 is 2. The second-order valence-electron chi connectivity index (χ2n) is 11.6. The molecule has 0 aromatic heterocycles. The number of oxime groups is 1. The van der Waals surface area contributed by atoms with E-state index in [1.165, 1.54) is 20.3 Å². The number of allylic oxidation sites excluding steroid dienone is 4. The third kappa shape index (κ3) is 10.8. The normalized spacial score (nSPS) is 30.7. The lowest BCUT2D eigenvalue weighted by molar-refractivity contribution is -0.119. The van der Waals surface area contributed by atoms with Crippen LogP contribution in [0.4, 0.5) is 4.79 Å². The average Bonchev–Trinajstić information content (AvgIpc) is 3.01. The number of aliphatic hydroxyl groups is 1. The summed E-state index contributed by atoms with van der Waals surface area (Å²) in [7, 11) is 2.98. The number of fused-ring (bicyclic) bond motifs is 2. The minimum Gasteiger partial charge on any atom is -0.439 e. The smallest absolute Gasteiger partial charge is 0.405 e. The largest absolute Gasteiger partial charge is 0.439 e. The van der Waals surface area contributed by atoms with Crippen LogP contribution in [-0.4, -0.2) is 80.4 Å². The number of nitrogens with two attached hydrogens (primary N) is 1. The number of aliphatic hydroxyl groups excluding tert-OH is 1. The van der Waals surface area contributed by atoms with E-state index in [2.05, 4.69) is 22.4 Å². The van der Waals surface area contributed by atoms with Crippen molar-refractivity contribution in [3.8, 4) is 0 Å². The minimum absolute atomic E-state index is 0.0475. The first-order chi connectivity index (χ1) is 21.9. The Morgan fingerprint density at radius 1 is 1.24 bits per heavy atom. The quantitative estimate of drug-likeness (QED) is 0.127. The van der Waals surface area contributed by atoms with Crippen molar-refractivity contribution in [2.75, 3.05) is 27.4 Å². The summed E-state index contributed by atoms with van der Waals surface area (Å²) < 4.78 is 16.7. The Morgan fingerprint density at radius 3 is 2.57 bits per heavy atom. The Balaban J connectivity index is 2.71. The molecule has 0 unspecified atom stereocenters. The van der Waals surface area contributed by atoms with Gasteiger partial charge in [-0.2, -0.15) is 0 Å². The fourth-order valence-electron chi connectivity index (χ4n) is 5.27. The molecule has 0 aromatic rings. The Hall–Kier alpha value is -4.00. The molecule has 46 heavy (non-hydrogen) atoms. The van der Waals surface area contributed by atoms with Gasteiger partial charge in [-0.25, -0.2) is 4.79 Å². The molecule has 12 nitrogen and oxygen atoms in total. The fourth-order valence-corrected chi connectivity index (χ4v) is 5.27. The van der Waals surface area contributed by atoms with Crippen molar-refractivity contribution >= 4 is 23.5 Å². The molecule has 12 heteroatoms. The number of Topliss-reactive ketones (excluding diaryl/α,β-unsaturated/α-hetero) is 1. The molecule has 254 valence electrons. The van der Waals surface area contributed by atoms with Crippen LogP contribution in [0.5, 0.6) is 0 Å². The molecule has 5 N–H and O–H groups in total. The Kier molecular flexibility index (Phi) is 15.6. The summed E-state index contributed by atoms with van der Waals surface area (Å²) in [6.45, 7) is 13.5. The summed E-state index contributed by atoms with van der Waals surface area (Å²) in [6.07, 6.45) is 6.92. The first-order valence-corrected chi connectivity index (χ1v) is 15.5. The molecule has 0 saturated heterocycles. The van der Waals surface area contributed by atoms with Crippen molar-refractivity contribution in [3.05, 3.63) is 71.1 Å². The molecule has 1 aliphatic heterocycles. The monoisotopic (exact) mass is 642 g/mol. The third-order valence-corrected chi connectivity index (χ3v) is 7.72. The highest BCUT2D eigenvalue weighted by molar-refractivity contribution is 6.25. The molecule has 0 fully saturated rings. The van der Waals surface area contributed by atoms with Crippen LogP contribution in [0.3, 0.4) is 0 Å². The van der Waals surface area contributed by atoms with Crippen LogP contribution in [-0.2, 0) is 28.6 Å². The van der Waals surface area contributed by atoms with Gasteiger partial charge < -0.3 is 40.5 Å². The van der Waals surface area contributed by atoms with Crippen LogP contribution in [0.25, 0.3) is 0 Å². The molecule has 2 rings (SSSR count). The summed E-state index contributed by atoms with van der Waals surface area (Å²) in [5.41, 5.74) is 7.65. The Labute approximate surface area is 272 Å². The van der Waals surface area contributed by atoms with E-state index in [0.717, 1.165) is 6.42 Å². The van der Waals surface area contributed by atoms with Crippen LogP contribution in [0, 0.1) is 11.8 Å². The SMILES string of the molecule is C=CCO/N=C1/C=C2NC(=O)/C(C)=C/C=C\[C@H](OC)[C@@H](OC(N)=O)/C(C)=C/[C@H](C)[C@@H](O)[C@@H](OC)C[C@H](C)CC(=C1NCCC)C2=O. The highest BCUT2D eigenvalue weighted by atomic mass is 16.6. The van der Waals surface area contributed by atoms with E-state index in [4.69, 9.17) is 24.8 Å². The van der Waals surface area contributed by atoms with E-state index in [-0.39, 0.29) is 24.0 Å². The topological polar surface area (TPSA) is 171 Å². The lowest BCUT2D eigenvalue weighted by Crippen LogP contribution is -2.38. The van der Waals surface area contributed by atoms with Gasteiger partial charge >= 0.3 is 6.09 Å². The molecule has 1 heterocycles. The number of carbonyl (C=O) groups excluding carboxylic acids is 3. The lowest BCUT2D eigenvalue weighted by Gasteiger charge is -2.30. The van der Waals surface area contributed by atoms with Gasteiger partial charge in [-0.15, -0.1) is 0 Å². The number of ether oxygens (including phenoxy) is 3. The summed E-state index contributed by atoms with van der Waals surface area (Å²) >= 11 is 0. The number of amides is 2. The van der Waals surface area contributed by atoms with Crippen LogP contribution in [0.2, 0.25) is 0 Å². The third-order valence-electron chi connectivity index (χ3n) is 7.72. The predicted molar refractivity (Wildman–Crippen MR) is 176 cm³/mol. The van der Waals surface area contributed by atoms with E-state index >= 15 is 0 Å². The summed E-state index contributed by atoms with van der Waals surface area (Å²) in [6, 6.07) is 0. The first-order valence-electron chi connectivity index (χ1n) is 15.5. The molecular formula is C34H50N4O8. The highest BCUT2D eigenvalue weighted by Crippen LogP contribution is 2.29. The van der Waals surface area contributed by atoms with E-state index < -0.39 is 42.3 Å². The molecule has 2 amide bonds. The van der Waals surface area contributed by atoms with Gasteiger partial charge in [0.2, 0.25) is 5.78 Å². The van der Waals surface area contributed by atoms with E-state index in [0.29, 0.717) is 47.5 Å². The number of primary amides is 1. The Bertz CT molecular complexity index is 1300. The predicted octanol–water partition coefficient (Wildman–Crippen LogP) is 3.75. The zero-order valence-corrected chi connectivity index (χ0v) is 28.0. The minimum atomic E-state index is -0.988. The lowest BCUT2D eigenvalue weighted by atomic mass is 9.85. The van der Waals surface area contributed by atoms with Gasteiger partial charge in [0.05, 0.1) is 23.6 Å². The fraction of sp³-hybridized carbons (Fsp3) is 0.529. The van der Waals surface area contributed by atoms with Gasteiger partial charge in [-0.3, -0.25) is 9.59 Å². The molecule has 0 aromatic carbocycles. The molecular weight excluding hydrogens is 592 g/mol. The zero-order chi connectivity index (χ0) is 34.4. The Morgan fingerprint density at radius 2 is 1.96 bits per heavy atom. The van der Waals surface area contributed by atoms with Crippen molar-refractivity contribution in [2.45, 2.75) is 78.3 Å². The van der Waals surface area contributed by atoms with Gasteiger partial charge in [0.1, 0.15) is 18.4 Å². The van der Waals surface area contributed by atoms with Gasteiger partial charge in [0.25, 0.3) is 5.91 Å². The van der Waals surface area contributed by atoms with Crippen LogP contribution >= 0.6 is 0 Å². The molecule has 1 aliphatic carbocycles. The van der Waals surface area contributed by atoms with Gasteiger partial charge in [0.15, 0.2) is 6.10 Å². The molecule has 2 bridgehead atoms. The second kappa shape index (κ2) is 18.8. The van der Waals surface area contributed by atoms with Crippen molar-refractivity contribution in [2.24, 2.45) is 22.7 Å². The average molecular weight is 643 g/mol. The number of nitrogens with zero attached hydrogens (tertiary/aromatic N) is 1. The number of ketones is 1. The van der Waals surface area contributed by atoms with Crippen molar-refractivity contribution in [3.63, 3.8) is 0 Å². The number of nitrogens with one attached hydrogen (secondary N) is 2. The number of hydrogen-bond acceptors (Lipinski definition) is 10. The van der Waals surface area contributed by atoms with E-state index in [1.54, 1.807) is 44.2 Å². The number of hydrogen-bond donors (Lipinski definition) is 4. The van der Waals surface area contributed by atoms with Gasteiger partial charge in [0, 0.05) is 37.8 Å². The van der Waals surface area contributed by atoms with Crippen LogP contribution in [0.1, 0.15) is 53.9 Å². The number of rotatable bonds is 9. The summed E-state index contributed by atoms with van der Waals surface area (Å²) in [5, 5.41) is 21.7. The maximum atomic E-state index is 13.9. The van der Waals surface area contributed by atoms with Crippen LogP contribution < -0.4 is 16.4 Å². The highest BCUT2D eigenvalue weighted by Gasteiger charge is 2.33. The molecule has 0 saturated carbocycles. The molecule has 0 radical (unpaired) electrons. The molecule has 6 atom stereocenters. The number of carbonyl (C=O) groups is 3. The van der Waals surface area contributed by atoms with E-state index in [1.807, 2.05) is 20.8 Å². The molecule has 2 aliphatic rings. The first kappa shape index (κ1) is 38.2. The van der Waals surface area contributed by atoms with Gasteiger partial charge in [-0.05, 0) is 50.7 Å². The maximum absolute atomic E-state index is 13.9. The van der Waals surface area contributed by atoms with Crippen molar-refractivity contribution in [1.29, 1.82) is 0 Å².